The Morgan fingerprint density at radius 1 is 1.00 bits per heavy atom. The summed E-state index contributed by atoms with van der Waals surface area (Å²) in [5.41, 5.74) is 1.23. The number of nitrogens with one attached hydrogen (secondary N) is 1. The van der Waals surface area contributed by atoms with E-state index in [2.05, 4.69) is 4.72 Å². The van der Waals surface area contributed by atoms with Crippen molar-refractivity contribution in [3.05, 3.63) is 70.9 Å². The molecule has 0 atom stereocenters. The van der Waals surface area contributed by atoms with Crippen molar-refractivity contribution in [3.8, 4) is 28.2 Å². The average Bonchev–Trinajstić information content (AvgIpc) is 2.70. The van der Waals surface area contributed by atoms with Crippen molar-refractivity contribution in [2.45, 2.75) is 4.90 Å². The molecule has 3 N–H and O–H groups in total. The number of phenolic OH excluding ortho intramolecular Hbond substituents is 1. The zero-order valence-corrected chi connectivity index (χ0v) is 16.1. The molecule has 2 aliphatic rings. The molecule has 1 aliphatic heterocycles. The Hall–Kier alpha value is -3.69. The summed E-state index contributed by atoms with van der Waals surface area (Å²) >= 11 is 0. The van der Waals surface area contributed by atoms with Gasteiger partial charge in [0.25, 0.3) is 0 Å². The molecule has 8 nitrogen and oxygen atoms in total. The minimum Gasteiger partial charge on any atom is -0.508 e. The van der Waals surface area contributed by atoms with E-state index < -0.39 is 22.5 Å². The van der Waals surface area contributed by atoms with Crippen LogP contribution in [0.2, 0.25) is 0 Å². The number of sulfonamides is 1. The number of fused-ring (bicyclic) bond motifs is 2. The van der Waals surface area contributed by atoms with Crippen molar-refractivity contribution in [3.63, 3.8) is 0 Å². The molecular formula is C21H15NO7S. The van der Waals surface area contributed by atoms with Gasteiger partial charge in [0.05, 0.1) is 4.90 Å². The molecule has 0 unspecified atom stereocenters. The number of aromatic hydroxyl groups is 1. The number of benzene rings is 3. The summed E-state index contributed by atoms with van der Waals surface area (Å²) in [6.07, 6.45) is 0. The summed E-state index contributed by atoms with van der Waals surface area (Å²) in [4.78, 5) is 22.6. The Bertz CT molecular complexity index is 1420. The van der Waals surface area contributed by atoms with Crippen LogP contribution in [0, 0.1) is 0 Å². The lowest BCUT2D eigenvalue weighted by molar-refractivity contribution is -0.135. The molecule has 1 heterocycles. The molecule has 1 aliphatic carbocycles. The second-order valence-electron chi connectivity index (χ2n) is 6.53. The Morgan fingerprint density at radius 3 is 2.53 bits per heavy atom. The lowest BCUT2D eigenvalue weighted by Gasteiger charge is -2.17. The maximum atomic E-state index is 12.8. The highest BCUT2D eigenvalue weighted by Gasteiger charge is 2.25. The van der Waals surface area contributed by atoms with Gasteiger partial charge in [-0.3, -0.25) is 9.59 Å². The van der Waals surface area contributed by atoms with Crippen LogP contribution in [-0.4, -0.2) is 31.1 Å². The molecule has 4 rings (SSSR count). The van der Waals surface area contributed by atoms with Crippen LogP contribution in [0.5, 0.6) is 5.75 Å². The quantitative estimate of drug-likeness (QED) is 0.419. The third-order valence-electron chi connectivity index (χ3n) is 4.54. The number of phenols is 1. The predicted octanol–water partition coefficient (Wildman–Crippen LogP) is 2.63. The van der Waals surface area contributed by atoms with Gasteiger partial charge in [0, 0.05) is 34.2 Å². The Kier molecular flexibility index (Phi) is 4.76. The SMILES string of the molecule is O=C(O)CNS(=O)(=O)c1ccccc1-c1c2ccc(=O)cc-2oc2cc(O)ccc12. The number of carbonyl (C=O) groups is 1. The fourth-order valence-electron chi connectivity index (χ4n) is 3.29. The standard InChI is InChI=1S/C21H15NO7S/c23-12-5-7-14-17(9-12)29-18-10-13(24)6-8-15(18)21(14)16-3-1-2-4-19(16)30(27,28)22-11-20(25)26/h1-10,22-23H,11H2,(H,25,26). The number of hydrogen-bond donors (Lipinski definition) is 3. The highest BCUT2D eigenvalue weighted by Crippen LogP contribution is 2.42. The van der Waals surface area contributed by atoms with E-state index >= 15 is 0 Å². The van der Waals surface area contributed by atoms with Gasteiger partial charge < -0.3 is 14.6 Å². The van der Waals surface area contributed by atoms with Gasteiger partial charge in [-0.1, -0.05) is 18.2 Å². The van der Waals surface area contributed by atoms with Crippen LogP contribution in [0.4, 0.5) is 0 Å². The van der Waals surface area contributed by atoms with Gasteiger partial charge in [-0.15, -0.1) is 0 Å². The van der Waals surface area contributed by atoms with Gasteiger partial charge in [-0.25, -0.2) is 8.42 Å². The molecule has 0 saturated heterocycles. The number of carboxylic acids is 1. The molecule has 0 aromatic heterocycles. The fourth-order valence-corrected chi connectivity index (χ4v) is 4.48. The van der Waals surface area contributed by atoms with Crippen molar-refractivity contribution in [2.24, 2.45) is 0 Å². The van der Waals surface area contributed by atoms with Crippen LogP contribution >= 0.6 is 0 Å². The molecule has 9 heteroatoms. The normalized spacial score (nSPS) is 11.7. The highest BCUT2D eigenvalue weighted by molar-refractivity contribution is 7.89. The van der Waals surface area contributed by atoms with Crippen molar-refractivity contribution in [2.75, 3.05) is 6.54 Å². The van der Waals surface area contributed by atoms with Crippen LogP contribution in [0.1, 0.15) is 0 Å². The minimum atomic E-state index is -4.16. The second-order valence-corrected chi connectivity index (χ2v) is 8.27. The van der Waals surface area contributed by atoms with Crippen LogP contribution in [0.25, 0.3) is 33.4 Å². The van der Waals surface area contributed by atoms with Crippen molar-refractivity contribution in [1.82, 2.24) is 4.72 Å². The van der Waals surface area contributed by atoms with E-state index in [9.17, 15) is 23.1 Å². The lowest BCUT2D eigenvalue weighted by atomic mass is 9.93. The van der Waals surface area contributed by atoms with Gasteiger partial charge in [-0.05, 0) is 30.3 Å². The Balaban J connectivity index is 2.07. The number of rotatable bonds is 5. The summed E-state index contributed by atoms with van der Waals surface area (Å²) in [6, 6.07) is 14.7. The van der Waals surface area contributed by atoms with Crippen molar-refractivity contribution >= 4 is 27.0 Å². The van der Waals surface area contributed by atoms with E-state index in [0.717, 1.165) is 0 Å². The number of carboxylic acid groups (broad SMARTS) is 1. The summed E-state index contributed by atoms with van der Waals surface area (Å²) in [7, 11) is -4.16. The zero-order valence-electron chi connectivity index (χ0n) is 15.3. The van der Waals surface area contributed by atoms with Crippen LogP contribution in [0.15, 0.2) is 74.8 Å². The monoisotopic (exact) mass is 425 g/mol. The largest absolute Gasteiger partial charge is 0.508 e. The first-order valence-electron chi connectivity index (χ1n) is 8.77. The molecule has 152 valence electrons. The summed E-state index contributed by atoms with van der Waals surface area (Å²) in [5, 5.41) is 19.2. The van der Waals surface area contributed by atoms with Crippen LogP contribution < -0.4 is 10.2 Å². The zero-order chi connectivity index (χ0) is 21.5. The maximum absolute atomic E-state index is 12.8. The minimum absolute atomic E-state index is 0.0566. The maximum Gasteiger partial charge on any atom is 0.318 e. The Labute approximate surface area is 170 Å². The first-order chi connectivity index (χ1) is 14.3. The third-order valence-corrected chi connectivity index (χ3v) is 6.00. The molecule has 0 amide bonds. The Morgan fingerprint density at radius 2 is 1.77 bits per heavy atom. The van der Waals surface area contributed by atoms with E-state index in [1.54, 1.807) is 18.2 Å². The van der Waals surface area contributed by atoms with Gasteiger partial charge in [-0.2, -0.15) is 4.72 Å². The highest BCUT2D eigenvalue weighted by atomic mass is 32.2. The van der Waals surface area contributed by atoms with E-state index in [1.807, 2.05) is 0 Å². The molecule has 0 spiro atoms. The molecule has 0 radical (unpaired) electrons. The van der Waals surface area contributed by atoms with Crippen molar-refractivity contribution < 1.29 is 27.8 Å². The number of aliphatic carboxylic acids is 1. The molecule has 2 aromatic carbocycles. The van der Waals surface area contributed by atoms with Gasteiger partial charge in [0.1, 0.15) is 23.6 Å². The lowest BCUT2D eigenvalue weighted by Crippen LogP contribution is -2.29. The van der Waals surface area contributed by atoms with E-state index in [-0.39, 0.29) is 27.4 Å². The van der Waals surface area contributed by atoms with Crippen LogP contribution in [0.3, 0.4) is 0 Å². The van der Waals surface area contributed by atoms with Crippen molar-refractivity contribution in [1.29, 1.82) is 0 Å². The van der Waals surface area contributed by atoms with E-state index in [0.29, 0.717) is 22.1 Å². The third kappa shape index (κ3) is 3.51. The van der Waals surface area contributed by atoms with Gasteiger partial charge >= 0.3 is 5.97 Å². The molecule has 0 bridgehead atoms. The van der Waals surface area contributed by atoms with Gasteiger partial charge in [0.2, 0.25) is 10.0 Å². The summed E-state index contributed by atoms with van der Waals surface area (Å²) in [6.45, 7) is -0.768. The van der Waals surface area contributed by atoms with E-state index in [4.69, 9.17) is 9.52 Å². The van der Waals surface area contributed by atoms with E-state index in [1.165, 1.54) is 42.5 Å². The molecule has 30 heavy (non-hydrogen) atoms. The first-order valence-corrected chi connectivity index (χ1v) is 10.2. The molecule has 0 fully saturated rings. The predicted molar refractivity (Wildman–Crippen MR) is 109 cm³/mol. The fraction of sp³-hybridized carbons (Fsp3) is 0.0476. The first kappa shape index (κ1) is 19.6. The smallest absolute Gasteiger partial charge is 0.318 e. The second kappa shape index (κ2) is 7.29. The summed E-state index contributed by atoms with van der Waals surface area (Å²) in [5.74, 6) is -1.15. The topological polar surface area (TPSA) is 134 Å². The summed E-state index contributed by atoms with van der Waals surface area (Å²) < 4.78 is 33.5. The molecule has 0 saturated carbocycles. The molecular weight excluding hydrogens is 410 g/mol. The molecule has 2 aromatic rings. The number of hydrogen-bond acceptors (Lipinski definition) is 6. The van der Waals surface area contributed by atoms with Gasteiger partial charge in [0.15, 0.2) is 5.43 Å². The van der Waals surface area contributed by atoms with Crippen LogP contribution in [-0.2, 0) is 14.8 Å². The average molecular weight is 425 g/mol.